The van der Waals surface area contributed by atoms with Crippen molar-refractivity contribution < 1.29 is 9.84 Å². The number of aryl methyl sites for hydroxylation is 2. The van der Waals surface area contributed by atoms with E-state index in [2.05, 4.69) is 40.7 Å². The first kappa shape index (κ1) is 16.6. The smallest absolute Gasteiger partial charge is 0.119 e. The number of rotatable bonds is 5. The van der Waals surface area contributed by atoms with E-state index in [1.54, 1.807) is 0 Å². The summed E-state index contributed by atoms with van der Waals surface area (Å²) in [5, 5.41) is 12.9. The van der Waals surface area contributed by atoms with Crippen LogP contribution >= 0.6 is 0 Å². The molecule has 132 valence electrons. The zero-order valence-electron chi connectivity index (χ0n) is 15.0. The van der Waals surface area contributed by atoms with Crippen molar-refractivity contribution in [1.29, 1.82) is 0 Å². The summed E-state index contributed by atoms with van der Waals surface area (Å²) in [5.74, 6) is 0.765. The van der Waals surface area contributed by atoms with Gasteiger partial charge in [0.15, 0.2) is 0 Å². The molecule has 0 spiro atoms. The molecular weight excluding hydrogens is 324 g/mol. The second kappa shape index (κ2) is 6.81. The highest BCUT2D eigenvalue weighted by atomic mass is 16.5. The van der Waals surface area contributed by atoms with Crippen molar-refractivity contribution >= 4 is 21.8 Å². The summed E-state index contributed by atoms with van der Waals surface area (Å²) in [6.07, 6.45) is 1.28. The van der Waals surface area contributed by atoms with E-state index in [9.17, 15) is 5.11 Å². The molecule has 1 N–H and O–H groups in total. The maximum atomic E-state index is 10.5. The van der Waals surface area contributed by atoms with Crippen LogP contribution in [0.25, 0.3) is 21.8 Å². The van der Waals surface area contributed by atoms with Gasteiger partial charge in [-0.15, -0.1) is 0 Å². The number of para-hydroxylation sites is 1. The van der Waals surface area contributed by atoms with E-state index in [1.165, 1.54) is 16.3 Å². The molecule has 0 radical (unpaired) electrons. The number of nitrogens with zero attached hydrogens (tertiary/aromatic N) is 2. The van der Waals surface area contributed by atoms with Crippen LogP contribution in [0.5, 0.6) is 5.75 Å². The topological polar surface area (TPSA) is 47.3 Å². The van der Waals surface area contributed by atoms with Gasteiger partial charge < -0.3 is 14.4 Å². The molecule has 0 saturated heterocycles. The van der Waals surface area contributed by atoms with Crippen LogP contribution in [0.2, 0.25) is 0 Å². The Kier molecular flexibility index (Phi) is 4.35. The lowest BCUT2D eigenvalue weighted by Gasteiger charge is -2.15. The van der Waals surface area contributed by atoms with Crippen molar-refractivity contribution in [2.75, 3.05) is 6.61 Å². The van der Waals surface area contributed by atoms with Gasteiger partial charge in [-0.05, 0) is 44.2 Å². The Balaban J connectivity index is 1.66. The first-order chi connectivity index (χ1) is 12.6. The third-order valence-electron chi connectivity index (χ3n) is 4.62. The zero-order chi connectivity index (χ0) is 18.1. The van der Waals surface area contributed by atoms with Crippen LogP contribution in [0.1, 0.15) is 11.3 Å². The number of aliphatic hydroxyl groups excluding tert-OH is 1. The van der Waals surface area contributed by atoms with Gasteiger partial charge in [-0.25, -0.2) is 0 Å². The van der Waals surface area contributed by atoms with Crippen LogP contribution < -0.4 is 4.74 Å². The van der Waals surface area contributed by atoms with Crippen molar-refractivity contribution in [3.8, 4) is 5.75 Å². The van der Waals surface area contributed by atoms with Gasteiger partial charge in [0.2, 0.25) is 0 Å². The van der Waals surface area contributed by atoms with E-state index in [1.807, 2.05) is 43.5 Å². The summed E-state index contributed by atoms with van der Waals surface area (Å²) in [4.78, 5) is 4.45. The predicted molar refractivity (Wildman–Crippen MR) is 105 cm³/mol. The van der Waals surface area contributed by atoms with Gasteiger partial charge in [0.05, 0.1) is 18.3 Å². The van der Waals surface area contributed by atoms with Crippen LogP contribution in [0.15, 0.2) is 60.8 Å². The van der Waals surface area contributed by atoms with Crippen molar-refractivity contribution in [3.63, 3.8) is 0 Å². The fourth-order valence-corrected chi connectivity index (χ4v) is 3.38. The van der Waals surface area contributed by atoms with Crippen molar-refractivity contribution in [2.24, 2.45) is 0 Å². The Labute approximate surface area is 152 Å². The number of pyridine rings is 1. The van der Waals surface area contributed by atoms with E-state index in [0.717, 1.165) is 22.5 Å². The summed E-state index contributed by atoms with van der Waals surface area (Å²) >= 11 is 0. The lowest BCUT2D eigenvalue weighted by atomic mass is 10.1. The molecule has 2 aromatic heterocycles. The Morgan fingerprint density at radius 3 is 2.58 bits per heavy atom. The molecule has 0 aliphatic carbocycles. The Morgan fingerprint density at radius 1 is 1.00 bits per heavy atom. The highest BCUT2D eigenvalue weighted by Gasteiger charge is 2.15. The second-order valence-electron chi connectivity index (χ2n) is 6.75. The van der Waals surface area contributed by atoms with Gasteiger partial charge in [0.25, 0.3) is 0 Å². The average Bonchev–Trinajstić information content (AvgIpc) is 2.93. The lowest BCUT2D eigenvalue weighted by molar-refractivity contribution is 0.0945. The molecule has 26 heavy (non-hydrogen) atoms. The molecule has 0 aliphatic heterocycles. The minimum Gasteiger partial charge on any atom is -0.491 e. The monoisotopic (exact) mass is 346 g/mol. The fourth-order valence-electron chi connectivity index (χ4n) is 3.38. The molecule has 4 rings (SSSR count). The molecule has 4 aromatic rings. The Hall–Kier alpha value is -2.85. The third-order valence-corrected chi connectivity index (χ3v) is 4.62. The highest BCUT2D eigenvalue weighted by molar-refractivity contribution is 6.08. The van der Waals surface area contributed by atoms with Gasteiger partial charge in [-0.3, -0.25) is 4.98 Å². The van der Waals surface area contributed by atoms with Crippen molar-refractivity contribution in [1.82, 2.24) is 9.55 Å². The van der Waals surface area contributed by atoms with E-state index < -0.39 is 6.10 Å². The molecule has 4 nitrogen and oxygen atoms in total. The Bertz CT molecular complexity index is 995. The highest BCUT2D eigenvalue weighted by Crippen LogP contribution is 2.30. The van der Waals surface area contributed by atoms with Crippen molar-refractivity contribution in [3.05, 3.63) is 72.1 Å². The standard InChI is InChI=1S/C22H22N2O2/c1-15-8-9-21-19(10-15)20-11-16(2)23-12-22(20)24(21)13-17(25)14-26-18-6-4-3-5-7-18/h3-12,17,25H,13-14H2,1-2H3. The molecule has 2 aromatic carbocycles. The van der Waals surface area contributed by atoms with Crippen LogP contribution in [0.3, 0.4) is 0 Å². The SMILES string of the molecule is Cc1ccc2c(c1)c1cc(C)ncc1n2CC(O)COc1ccccc1. The van der Waals surface area contributed by atoms with E-state index in [-0.39, 0.29) is 6.61 Å². The first-order valence-electron chi connectivity index (χ1n) is 8.83. The van der Waals surface area contributed by atoms with Crippen LogP contribution in [-0.4, -0.2) is 27.4 Å². The fraction of sp³-hybridized carbons (Fsp3) is 0.227. The van der Waals surface area contributed by atoms with Crippen molar-refractivity contribution in [2.45, 2.75) is 26.5 Å². The normalized spacial score (nSPS) is 12.6. The molecule has 0 saturated carbocycles. The molecule has 0 aliphatic rings. The minimum absolute atomic E-state index is 0.246. The minimum atomic E-state index is -0.614. The molecule has 0 fully saturated rings. The summed E-state index contributed by atoms with van der Waals surface area (Å²) in [6.45, 7) is 4.80. The maximum Gasteiger partial charge on any atom is 0.119 e. The van der Waals surface area contributed by atoms with Crippen LogP contribution in [-0.2, 0) is 6.54 Å². The lowest BCUT2D eigenvalue weighted by Crippen LogP contribution is -2.23. The predicted octanol–water partition coefficient (Wildman–Crippen LogP) is 4.25. The number of ether oxygens (including phenoxy) is 1. The van der Waals surface area contributed by atoms with E-state index >= 15 is 0 Å². The molecule has 0 bridgehead atoms. The molecular formula is C22H22N2O2. The van der Waals surface area contributed by atoms with E-state index in [4.69, 9.17) is 4.74 Å². The molecule has 0 amide bonds. The second-order valence-corrected chi connectivity index (χ2v) is 6.75. The third kappa shape index (κ3) is 3.16. The summed E-state index contributed by atoms with van der Waals surface area (Å²) in [5.41, 5.74) is 4.36. The quantitative estimate of drug-likeness (QED) is 0.588. The van der Waals surface area contributed by atoms with Gasteiger partial charge in [0, 0.05) is 22.0 Å². The van der Waals surface area contributed by atoms with E-state index in [0.29, 0.717) is 6.54 Å². The zero-order valence-corrected chi connectivity index (χ0v) is 15.0. The first-order valence-corrected chi connectivity index (χ1v) is 8.83. The number of benzene rings is 2. The van der Waals surface area contributed by atoms with Crippen LogP contribution in [0.4, 0.5) is 0 Å². The number of aliphatic hydroxyl groups is 1. The average molecular weight is 346 g/mol. The van der Waals surface area contributed by atoms with Gasteiger partial charge in [-0.1, -0.05) is 29.8 Å². The summed E-state index contributed by atoms with van der Waals surface area (Å²) in [7, 11) is 0. The van der Waals surface area contributed by atoms with Gasteiger partial charge in [-0.2, -0.15) is 0 Å². The number of hydrogen-bond donors (Lipinski definition) is 1. The summed E-state index contributed by atoms with van der Waals surface area (Å²) in [6, 6.07) is 18.1. The van der Waals surface area contributed by atoms with Crippen LogP contribution in [0, 0.1) is 13.8 Å². The number of hydrogen-bond acceptors (Lipinski definition) is 3. The molecule has 2 heterocycles. The molecule has 1 atom stereocenters. The number of fused-ring (bicyclic) bond motifs is 3. The molecule has 1 unspecified atom stereocenters. The summed E-state index contributed by atoms with van der Waals surface area (Å²) < 4.78 is 7.83. The maximum absolute atomic E-state index is 10.5. The van der Waals surface area contributed by atoms with Gasteiger partial charge >= 0.3 is 0 Å². The Morgan fingerprint density at radius 2 is 1.77 bits per heavy atom. The van der Waals surface area contributed by atoms with Gasteiger partial charge in [0.1, 0.15) is 18.5 Å². The number of aromatic nitrogens is 2. The largest absolute Gasteiger partial charge is 0.491 e. The molecule has 4 heteroatoms.